The molecule has 0 radical (unpaired) electrons. The van der Waals surface area contributed by atoms with Gasteiger partial charge >= 0.3 is 5.97 Å². The molecule has 1 aliphatic rings. The third kappa shape index (κ3) is 2.40. The molecule has 0 aliphatic carbocycles. The maximum Gasteiger partial charge on any atom is 0.357 e. The first-order valence-corrected chi connectivity index (χ1v) is 7.56. The molecule has 3 nitrogen and oxygen atoms in total. The summed E-state index contributed by atoms with van der Waals surface area (Å²) in [4.78, 5) is 16.4. The van der Waals surface area contributed by atoms with Gasteiger partial charge in [-0.2, -0.15) is 0 Å². The van der Waals surface area contributed by atoms with Crippen molar-refractivity contribution < 1.29 is 9.53 Å². The van der Waals surface area contributed by atoms with Crippen molar-refractivity contribution in [3.8, 4) is 0 Å². The molecule has 3 heteroatoms. The zero-order chi connectivity index (χ0) is 15.8. The predicted molar refractivity (Wildman–Crippen MR) is 91.0 cm³/mol. The number of aryl methyl sites for hydroxylation is 1. The molecule has 0 bridgehead atoms. The average molecular weight is 301 g/mol. The Morgan fingerprint density at radius 3 is 2.74 bits per heavy atom. The molecule has 112 valence electrons. The van der Waals surface area contributed by atoms with Crippen LogP contribution in [0.4, 0.5) is 0 Å². The summed E-state index contributed by atoms with van der Waals surface area (Å²) < 4.78 is 5.18. The second-order valence-corrected chi connectivity index (χ2v) is 5.69. The first kappa shape index (κ1) is 13.7. The maximum absolute atomic E-state index is 11.9. The molecule has 0 unspecified atom stereocenters. The number of fused-ring (bicyclic) bond motifs is 2. The molecule has 1 aliphatic heterocycles. The van der Waals surface area contributed by atoms with Crippen molar-refractivity contribution in [2.45, 2.75) is 13.5 Å². The molecule has 2 aromatic carbocycles. The lowest BCUT2D eigenvalue weighted by Crippen LogP contribution is -2.00. The predicted octanol–water partition coefficient (Wildman–Crippen LogP) is 4.38. The normalized spacial score (nSPS) is 13.5. The van der Waals surface area contributed by atoms with Crippen molar-refractivity contribution >= 4 is 29.0 Å². The lowest BCUT2D eigenvalue weighted by Gasteiger charge is -2.08. The van der Waals surface area contributed by atoms with E-state index in [1.54, 1.807) is 0 Å². The van der Waals surface area contributed by atoms with E-state index in [0.29, 0.717) is 12.3 Å². The zero-order valence-corrected chi connectivity index (χ0v) is 12.7. The van der Waals surface area contributed by atoms with Crippen molar-refractivity contribution in [2.75, 3.05) is 0 Å². The molecule has 23 heavy (non-hydrogen) atoms. The fourth-order valence-corrected chi connectivity index (χ4v) is 2.90. The monoisotopic (exact) mass is 301 g/mol. The van der Waals surface area contributed by atoms with Gasteiger partial charge in [-0.25, -0.2) is 9.78 Å². The Bertz CT molecular complexity index is 943. The summed E-state index contributed by atoms with van der Waals surface area (Å²) in [6.07, 6.45) is 4.11. The van der Waals surface area contributed by atoms with E-state index in [1.807, 2.05) is 42.5 Å². The number of rotatable bonds is 2. The molecule has 0 saturated carbocycles. The summed E-state index contributed by atoms with van der Waals surface area (Å²) in [5.41, 5.74) is 5.43. The van der Waals surface area contributed by atoms with Crippen LogP contribution < -0.4 is 0 Å². The van der Waals surface area contributed by atoms with E-state index in [2.05, 4.69) is 30.1 Å². The number of esters is 1. The second kappa shape index (κ2) is 5.36. The van der Waals surface area contributed by atoms with Crippen LogP contribution in [0.25, 0.3) is 23.1 Å². The molecule has 4 rings (SSSR count). The second-order valence-electron chi connectivity index (χ2n) is 5.69. The van der Waals surface area contributed by atoms with E-state index in [4.69, 9.17) is 4.74 Å². The van der Waals surface area contributed by atoms with E-state index in [-0.39, 0.29) is 5.97 Å². The van der Waals surface area contributed by atoms with Gasteiger partial charge in [-0.05, 0) is 30.2 Å². The van der Waals surface area contributed by atoms with Crippen LogP contribution in [0.15, 0.2) is 48.5 Å². The minimum absolute atomic E-state index is 0.291. The Morgan fingerprint density at radius 1 is 1.09 bits per heavy atom. The standard InChI is InChI=1S/C20H15NO2/c1-13-7-10-18-16(11-13)15(9-8-14-5-3-2-4-6-14)17-12-23-20(22)19(17)21-18/h2-11H,12H2,1H3/b9-8+. The van der Waals surface area contributed by atoms with Gasteiger partial charge < -0.3 is 4.74 Å². The Labute approximate surface area is 134 Å². The van der Waals surface area contributed by atoms with E-state index in [1.165, 1.54) is 5.56 Å². The van der Waals surface area contributed by atoms with Crippen molar-refractivity contribution in [2.24, 2.45) is 0 Å². The Morgan fingerprint density at radius 2 is 1.91 bits per heavy atom. The Balaban J connectivity index is 1.95. The van der Waals surface area contributed by atoms with Gasteiger partial charge in [0.25, 0.3) is 0 Å². The number of benzene rings is 2. The number of pyridine rings is 1. The molecule has 0 fully saturated rings. The van der Waals surface area contributed by atoms with Crippen molar-refractivity contribution in [3.05, 3.63) is 76.5 Å². The summed E-state index contributed by atoms with van der Waals surface area (Å²) in [5, 5.41) is 1.05. The lowest BCUT2D eigenvalue weighted by molar-refractivity contribution is 0.0531. The number of cyclic esters (lactones) is 1. The third-order valence-electron chi connectivity index (χ3n) is 4.07. The fourth-order valence-electron chi connectivity index (χ4n) is 2.90. The van der Waals surface area contributed by atoms with Gasteiger partial charge in [-0.15, -0.1) is 0 Å². The zero-order valence-electron chi connectivity index (χ0n) is 12.7. The van der Waals surface area contributed by atoms with E-state index < -0.39 is 0 Å². The molecular weight excluding hydrogens is 286 g/mol. The number of aromatic nitrogens is 1. The molecule has 0 saturated heterocycles. The van der Waals surface area contributed by atoms with Gasteiger partial charge in [-0.1, -0.05) is 54.1 Å². The highest BCUT2D eigenvalue weighted by Gasteiger charge is 2.26. The Kier molecular flexibility index (Phi) is 3.19. The summed E-state index contributed by atoms with van der Waals surface area (Å²) in [6, 6.07) is 16.2. The summed E-state index contributed by atoms with van der Waals surface area (Å²) in [6.45, 7) is 2.35. The van der Waals surface area contributed by atoms with Crippen LogP contribution >= 0.6 is 0 Å². The molecule has 1 aromatic heterocycles. The summed E-state index contributed by atoms with van der Waals surface area (Å²) in [7, 11) is 0. The van der Waals surface area contributed by atoms with Gasteiger partial charge in [0.05, 0.1) is 5.52 Å². The fraction of sp³-hybridized carbons (Fsp3) is 0.100. The van der Waals surface area contributed by atoms with Crippen LogP contribution in [0.5, 0.6) is 0 Å². The number of hydrogen-bond acceptors (Lipinski definition) is 3. The van der Waals surface area contributed by atoms with Crippen LogP contribution in [0, 0.1) is 6.92 Å². The largest absolute Gasteiger partial charge is 0.456 e. The lowest BCUT2D eigenvalue weighted by atomic mass is 9.99. The topological polar surface area (TPSA) is 39.2 Å². The molecular formula is C20H15NO2. The summed E-state index contributed by atoms with van der Waals surface area (Å²) >= 11 is 0. The van der Waals surface area contributed by atoms with E-state index >= 15 is 0 Å². The molecule has 0 amide bonds. The molecule has 0 spiro atoms. The minimum Gasteiger partial charge on any atom is -0.456 e. The number of hydrogen-bond donors (Lipinski definition) is 0. The van der Waals surface area contributed by atoms with E-state index in [9.17, 15) is 4.79 Å². The number of carbonyl (C=O) groups is 1. The first-order chi connectivity index (χ1) is 11.2. The average Bonchev–Trinajstić information content (AvgIpc) is 2.94. The van der Waals surface area contributed by atoms with E-state index in [0.717, 1.165) is 27.6 Å². The Hall–Kier alpha value is -2.94. The highest BCUT2D eigenvalue weighted by molar-refractivity contribution is 6.00. The van der Waals surface area contributed by atoms with Gasteiger partial charge in [0.15, 0.2) is 5.69 Å². The van der Waals surface area contributed by atoms with Gasteiger partial charge in [0.2, 0.25) is 0 Å². The smallest absolute Gasteiger partial charge is 0.357 e. The molecule has 2 heterocycles. The highest BCUT2D eigenvalue weighted by atomic mass is 16.5. The van der Waals surface area contributed by atoms with Crippen LogP contribution in [0.1, 0.15) is 32.7 Å². The van der Waals surface area contributed by atoms with Crippen LogP contribution in [-0.4, -0.2) is 11.0 Å². The number of ether oxygens (including phenoxy) is 1. The third-order valence-corrected chi connectivity index (χ3v) is 4.07. The molecule has 3 aromatic rings. The minimum atomic E-state index is -0.336. The van der Waals surface area contributed by atoms with Gasteiger partial charge in [-0.3, -0.25) is 0 Å². The van der Waals surface area contributed by atoms with Crippen LogP contribution in [-0.2, 0) is 11.3 Å². The first-order valence-electron chi connectivity index (χ1n) is 7.56. The summed E-state index contributed by atoms with van der Waals surface area (Å²) in [5.74, 6) is -0.336. The van der Waals surface area contributed by atoms with Gasteiger partial charge in [0.1, 0.15) is 6.61 Å². The van der Waals surface area contributed by atoms with Crippen molar-refractivity contribution in [1.82, 2.24) is 4.98 Å². The SMILES string of the molecule is Cc1ccc2nc3c(c(/C=C/c4ccccc4)c2c1)COC3=O. The maximum atomic E-state index is 11.9. The van der Waals surface area contributed by atoms with Crippen LogP contribution in [0.2, 0.25) is 0 Å². The van der Waals surface area contributed by atoms with Crippen LogP contribution in [0.3, 0.4) is 0 Å². The highest BCUT2D eigenvalue weighted by Crippen LogP contribution is 2.30. The van der Waals surface area contributed by atoms with Gasteiger partial charge in [0, 0.05) is 10.9 Å². The van der Waals surface area contributed by atoms with Crippen molar-refractivity contribution in [1.29, 1.82) is 0 Å². The quantitative estimate of drug-likeness (QED) is 0.659. The number of nitrogens with zero attached hydrogens (tertiary/aromatic N) is 1. The van der Waals surface area contributed by atoms with Crippen molar-refractivity contribution in [3.63, 3.8) is 0 Å². The molecule has 0 N–H and O–H groups in total. The number of carbonyl (C=O) groups excluding carboxylic acids is 1. The molecule has 0 atom stereocenters.